The number of halogens is 1. The second-order valence-corrected chi connectivity index (χ2v) is 6.77. The van der Waals surface area contributed by atoms with E-state index in [0.29, 0.717) is 23.6 Å². The van der Waals surface area contributed by atoms with E-state index in [0.717, 1.165) is 35.5 Å². The van der Waals surface area contributed by atoms with Crippen LogP contribution in [-0.2, 0) is 13.0 Å². The molecule has 5 N–H and O–H groups in total. The second-order valence-electron chi connectivity index (χ2n) is 6.77. The molecule has 0 radical (unpaired) electrons. The minimum atomic E-state index is -0.318. The van der Waals surface area contributed by atoms with Gasteiger partial charge in [0.1, 0.15) is 23.4 Å². The third kappa shape index (κ3) is 3.91. The van der Waals surface area contributed by atoms with E-state index in [2.05, 4.69) is 10.3 Å². The van der Waals surface area contributed by atoms with Crippen molar-refractivity contribution in [1.82, 2.24) is 9.88 Å². The molecular formula is C21H23FN6. The first-order chi connectivity index (χ1) is 13.4. The van der Waals surface area contributed by atoms with Crippen LogP contribution in [0.2, 0.25) is 0 Å². The molecular weight excluding hydrogens is 355 g/mol. The number of rotatable bonds is 4. The smallest absolute Gasteiger partial charge is 0.146 e. The molecule has 144 valence electrons. The minimum absolute atomic E-state index is 0.163. The molecule has 7 heteroatoms. The molecule has 0 aliphatic carbocycles. The topological polar surface area (TPSA) is 104 Å². The number of aromatic nitrogens is 1. The molecule has 1 aliphatic rings. The Labute approximate surface area is 164 Å². The number of anilines is 2. The Bertz CT molecular complexity index is 1000. The molecule has 2 aromatic rings. The molecule has 0 fully saturated rings. The zero-order valence-corrected chi connectivity index (χ0v) is 16.0. The number of nitrogens with two attached hydrogens (primary N) is 2. The highest BCUT2D eigenvalue weighted by Crippen LogP contribution is 2.26. The molecule has 6 nitrogen and oxygen atoms in total. The number of hydrogen-bond acceptors (Lipinski definition) is 6. The van der Waals surface area contributed by atoms with Crippen LogP contribution in [0.25, 0.3) is 0 Å². The van der Waals surface area contributed by atoms with Gasteiger partial charge in [0, 0.05) is 25.2 Å². The Morgan fingerprint density at radius 2 is 2.00 bits per heavy atom. The molecule has 28 heavy (non-hydrogen) atoms. The first-order valence-corrected chi connectivity index (χ1v) is 8.98. The van der Waals surface area contributed by atoms with Crippen molar-refractivity contribution in [1.29, 1.82) is 5.26 Å². The summed E-state index contributed by atoms with van der Waals surface area (Å²) in [5.74, 6) is 0.274. The Morgan fingerprint density at radius 3 is 2.71 bits per heavy atom. The van der Waals surface area contributed by atoms with Crippen molar-refractivity contribution in [3.05, 3.63) is 76.3 Å². The molecule has 3 rings (SSSR count). The molecule has 1 aliphatic heterocycles. The fourth-order valence-electron chi connectivity index (χ4n) is 3.13. The molecule has 0 spiro atoms. The molecule has 0 saturated carbocycles. The van der Waals surface area contributed by atoms with Crippen LogP contribution in [0.15, 0.2) is 59.2 Å². The highest BCUT2D eigenvalue weighted by Gasteiger charge is 2.20. The Balaban J connectivity index is 1.85. The highest BCUT2D eigenvalue weighted by atomic mass is 19.1. The fraction of sp³-hybridized carbons (Fsp3) is 0.238. The van der Waals surface area contributed by atoms with Crippen LogP contribution < -0.4 is 16.8 Å². The van der Waals surface area contributed by atoms with E-state index in [4.69, 9.17) is 16.7 Å². The number of pyridine rings is 1. The minimum Gasteiger partial charge on any atom is -0.390 e. The number of fused-ring (bicyclic) bond motifs is 1. The number of nitrogens with one attached hydrogen (secondary N) is 1. The average molecular weight is 378 g/mol. The summed E-state index contributed by atoms with van der Waals surface area (Å²) in [6.45, 7) is 4.95. The summed E-state index contributed by atoms with van der Waals surface area (Å²) in [5.41, 5.74) is 16.9. The normalized spacial score (nSPS) is 15.1. The van der Waals surface area contributed by atoms with Crippen LogP contribution in [0.4, 0.5) is 15.8 Å². The van der Waals surface area contributed by atoms with Gasteiger partial charge in [0.05, 0.1) is 17.6 Å². The standard InChI is InChI=1S/C21H23FN6/c1-13(18(24)10-23)14(2)21(25)28-8-7-19-15(12-28)9-16(11-26-19)27-20-6-4-3-5-17(20)22/h3-6,9,11,27H,7-8,12,24-25H2,1-2H3/b18-13-,21-14+. The van der Waals surface area contributed by atoms with Crippen molar-refractivity contribution in [3.8, 4) is 6.07 Å². The van der Waals surface area contributed by atoms with Gasteiger partial charge in [-0.1, -0.05) is 12.1 Å². The van der Waals surface area contributed by atoms with Gasteiger partial charge in [0.2, 0.25) is 0 Å². The van der Waals surface area contributed by atoms with Crippen LogP contribution in [0.1, 0.15) is 25.1 Å². The fourth-order valence-corrected chi connectivity index (χ4v) is 3.13. The van der Waals surface area contributed by atoms with Gasteiger partial charge >= 0.3 is 0 Å². The zero-order chi connectivity index (χ0) is 20.3. The van der Waals surface area contributed by atoms with Gasteiger partial charge in [-0.3, -0.25) is 4.98 Å². The lowest BCUT2D eigenvalue weighted by molar-refractivity contribution is 0.313. The molecule has 1 aromatic carbocycles. The van der Waals surface area contributed by atoms with Crippen LogP contribution in [-0.4, -0.2) is 16.4 Å². The molecule has 0 amide bonds. The number of hydrogen-bond donors (Lipinski definition) is 3. The SMILES string of the molecule is CC(=C(/N)C#N)/C(C)=C(\N)N1CCc2ncc(Nc3ccccc3F)cc2C1. The van der Waals surface area contributed by atoms with Gasteiger partial charge in [-0.15, -0.1) is 0 Å². The lowest BCUT2D eigenvalue weighted by Crippen LogP contribution is -2.34. The summed E-state index contributed by atoms with van der Waals surface area (Å²) in [4.78, 5) is 6.56. The van der Waals surface area contributed by atoms with Gasteiger partial charge in [-0.2, -0.15) is 5.26 Å². The molecule has 0 bridgehead atoms. The maximum Gasteiger partial charge on any atom is 0.146 e. The van der Waals surface area contributed by atoms with Gasteiger partial charge in [0.25, 0.3) is 0 Å². The number of nitriles is 1. The van der Waals surface area contributed by atoms with Crippen LogP contribution >= 0.6 is 0 Å². The predicted molar refractivity (Wildman–Crippen MR) is 107 cm³/mol. The van der Waals surface area contributed by atoms with E-state index in [1.165, 1.54) is 6.07 Å². The predicted octanol–water partition coefficient (Wildman–Crippen LogP) is 3.27. The first-order valence-electron chi connectivity index (χ1n) is 8.98. The maximum absolute atomic E-state index is 13.9. The third-order valence-electron chi connectivity index (χ3n) is 5.00. The lowest BCUT2D eigenvalue weighted by atomic mass is 10.0. The van der Waals surface area contributed by atoms with E-state index < -0.39 is 0 Å². The van der Waals surface area contributed by atoms with Crippen molar-refractivity contribution in [2.24, 2.45) is 11.5 Å². The Hall–Kier alpha value is -3.53. The number of para-hydroxylation sites is 1. The van der Waals surface area contributed by atoms with E-state index >= 15 is 0 Å². The summed E-state index contributed by atoms with van der Waals surface area (Å²) in [6.07, 6.45) is 2.46. The van der Waals surface area contributed by atoms with Gasteiger partial charge < -0.3 is 21.7 Å². The second kappa shape index (κ2) is 8.01. The summed E-state index contributed by atoms with van der Waals surface area (Å²) >= 11 is 0. The van der Waals surface area contributed by atoms with Crippen molar-refractivity contribution >= 4 is 11.4 Å². The van der Waals surface area contributed by atoms with Crippen molar-refractivity contribution in [2.75, 3.05) is 11.9 Å². The van der Waals surface area contributed by atoms with Crippen LogP contribution in [0.5, 0.6) is 0 Å². The molecule has 0 atom stereocenters. The molecule has 2 heterocycles. The summed E-state index contributed by atoms with van der Waals surface area (Å²) < 4.78 is 13.9. The van der Waals surface area contributed by atoms with E-state index in [1.807, 2.05) is 24.0 Å². The van der Waals surface area contributed by atoms with Crippen molar-refractivity contribution in [3.63, 3.8) is 0 Å². The third-order valence-corrected chi connectivity index (χ3v) is 5.00. The maximum atomic E-state index is 13.9. The quantitative estimate of drug-likeness (QED) is 0.557. The van der Waals surface area contributed by atoms with Gasteiger partial charge in [-0.25, -0.2) is 4.39 Å². The largest absolute Gasteiger partial charge is 0.390 e. The summed E-state index contributed by atoms with van der Waals surface area (Å²) in [6, 6.07) is 10.4. The first kappa shape index (κ1) is 19.2. The molecule has 0 saturated heterocycles. The van der Waals surface area contributed by atoms with E-state index in [1.54, 1.807) is 31.3 Å². The van der Waals surface area contributed by atoms with Crippen LogP contribution in [0, 0.1) is 17.1 Å². The Morgan fingerprint density at radius 1 is 1.25 bits per heavy atom. The van der Waals surface area contributed by atoms with E-state index in [-0.39, 0.29) is 11.5 Å². The number of benzene rings is 1. The zero-order valence-electron chi connectivity index (χ0n) is 16.0. The van der Waals surface area contributed by atoms with Gasteiger partial charge in [-0.05, 0) is 48.8 Å². The summed E-state index contributed by atoms with van der Waals surface area (Å²) in [7, 11) is 0. The van der Waals surface area contributed by atoms with Crippen LogP contribution in [0.3, 0.4) is 0 Å². The molecule has 0 unspecified atom stereocenters. The lowest BCUT2D eigenvalue weighted by Gasteiger charge is -2.31. The molecule has 1 aromatic heterocycles. The summed E-state index contributed by atoms with van der Waals surface area (Å²) in [5, 5.41) is 12.1. The van der Waals surface area contributed by atoms with Crippen molar-refractivity contribution < 1.29 is 4.39 Å². The number of nitrogens with zero attached hydrogens (tertiary/aromatic N) is 3. The number of allylic oxidation sites excluding steroid dienone is 3. The van der Waals surface area contributed by atoms with E-state index in [9.17, 15) is 4.39 Å². The monoisotopic (exact) mass is 378 g/mol. The van der Waals surface area contributed by atoms with Crippen molar-refractivity contribution in [2.45, 2.75) is 26.8 Å². The Kier molecular flexibility index (Phi) is 5.50. The van der Waals surface area contributed by atoms with Gasteiger partial charge in [0.15, 0.2) is 0 Å². The average Bonchev–Trinajstić information content (AvgIpc) is 2.72. The highest BCUT2D eigenvalue weighted by molar-refractivity contribution is 5.60.